The van der Waals surface area contributed by atoms with E-state index in [9.17, 15) is 4.79 Å². The quantitative estimate of drug-likeness (QED) is 0.326. The van der Waals surface area contributed by atoms with Crippen LogP contribution in [-0.2, 0) is 4.79 Å². The van der Waals surface area contributed by atoms with Gasteiger partial charge in [-0.1, -0.05) is 6.08 Å². The van der Waals surface area contributed by atoms with Crippen LogP contribution in [0.2, 0.25) is 0 Å². The third-order valence-electron chi connectivity index (χ3n) is 0.564. The normalized spacial score (nSPS) is 10.6. The molecule has 0 fully saturated rings. The Kier molecular flexibility index (Phi) is 5.17. The second-order valence-electron chi connectivity index (χ2n) is 1.17. The molecule has 2 heteroatoms. The minimum atomic E-state index is 0.736. The fourth-order valence-corrected chi connectivity index (χ4v) is 0.261. The lowest BCUT2D eigenvalue weighted by molar-refractivity contribution is -0.104. The predicted octanol–water partition coefficient (Wildman–Crippen LogP) is 0.475. The molecule has 0 aliphatic heterocycles. The second kappa shape index (κ2) is 5.95. The van der Waals surface area contributed by atoms with Gasteiger partial charge in [0.25, 0.3) is 0 Å². The molecule has 1 N–H and O–H groups in total. The predicted molar refractivity (Wildman–Crippen MR) is 33.4 cm³/mol. The first kappa shape index (κ1) is 6.95. The molecule has 0 spiro atoms. The van der Waals surface area contributed by atoms with Crippen LogP contribution in [-0.4, -0.2) is 13.3 Å². The fourth-order valence-electron chi connectivity index (χ4n) is 0.261. The topological polar surface area (TPSA) is 29.1 Å². The smallest absolute Gasteiger partial charge is 0.142 e. The maximum atomic E-state index is 9.63. The van der Waals surface area contributed by atoms with Crippen LogP contribution in [0, 0.1) is 0 Å². The monoisotopic (exact) mass is 111 g/mol. The molecule has 0 saturated heterocycles. The molecule has 0 saturated carbocycles. The van der Waals surface area contributed by atoms with Gasteiger partial charge in [0.1, 0.15) is 6.29 Å². The summed E-state index contributed by atoms with van der Waals surface area (Å²) in [6.45, 7) is 0. The zero-order valence-electron chi connectivity index (χ0n) is 4.79. The van der Waals surface area contributed by atoms with E-state index in [1.807, 2.05) is 0 Å². The molecule has 0 unspecified atom stereocenters. The number of hydrogen-bond acceptors (Lipinski definition) is 2. The minimum absolute atomic E-state index is 0.736. The highest BCUT2D eigenvalue weighted by Gasteiger charge is 1.58. The van der Waals surface area contributed by atoms with Crippen molar-refractivity contribution in [3.63, 3.8) is 0 Å². The molecular formula is C6H9NO. The van der Waals surface area contributed by atoms with Gasteiger partial charge in [0.15, 0.2) is 0 Å². The molecule has 0 aromatic carbocycles. The highest BCUT2D eigenvalue weighted by Crippen LogP contribution is 1.68. The van der Waals surface area contributed by atoms with E-state index in [0.717, 1.165) is 6.29 Å². The summed E-state index contributed by atoms with van der Waals surface area (Å²) in [6.07, 6.45) is 7.30. The molecule has 8 heavy (non-hydrogen) atoms. The fraction of sp³-hybridized carbons (Fsp3) is 0.167. The zero-order chi connectivity index (χ0) is 6.24. The minimum Gasteiger partial charge on any atom is -0.394 e. The van der Waals surface area contributed by atoms with Gasteiger partial charge in [-0.2, -0.15) is 0 Å². The van der Waals surface area contributed by atoms with E-state index in [1.54, 1.807) is 25.4 Å². The summed E-state index contributed by atoms with van der Waals surface area (Å²) in [5.74, 6) is 0. The van der Waals surface area contributed by atoms with Crippen molar-refractivity contribution in [3.8, 4) is 0 Å². The Bertz CT molecular complexity index is 105. The van der Waals surface area contributed by atoms with E-state index in [1.165, 1.54) is 6.08 Å². The van der Waals surface area contributed by atoms with Crippen molar-refractivity contribution in [1.29, 1.82) is 0 Å². The summed E-state index contributed by atoms with van der Waals surface area (Å²) < 4.78 is 0. The largest absolute Gasteiger partial charge is 0.394 e. The average Bonchev–Trinajstić information content (AvgIpc) is 1.81. The van der Waals surface area contributed by atoms with Crippen LogP contribution in [0.15, 0.2) is 24.4 Å². The Balaban J connectivity index is 3.26. The zero-order valence-corrected chi connectivity index (χ0v) is 4.79. The molecule has 0 aliphatic rings. The molecule has 0 aromatic rings. The molecule has 0 bridgehead atoms. The standard InChI is InChI=1S/C6H9NO/c1-7-5-3-2-4-6-8/h2-7H,1H3/b4-2+,5-3+. The van der Waals surface area contributed by atoms with Gasteiger partial charge >= 0.3 is 0 Å². The molecule has 0 rings (SSSR count). The number of allylic oxidation sites excluding steroid dienone is 3. The molecule has 2 nitrogen and oxygen atoms in total. The number of nitrogens with one attached hydrogen (secondary N) is 1. The van der Waals surface area contributed by atoms with Crippen LogP contribution in [0.5, 0.6) is 0 Å². The summed E-state index contributed by atoms with van der Waals surface area (Å²) in [5, 5.41) is 2.78. The van der Waals surface area contributed by atoms with Crippen molar-refractivity contribution in [3.05, 3.63) is 24.4 Å². The molecule has 0 radical (unpaired) electrons. The highest BCUT2D eigenvalue weighted by atomic mass is 16.1. The summed E-state index contributed by atoms with van der Waals surface area (Å²) in [5.41, 5.74) is 0. The van der Waals surface area contributed by atoms with Crippen LogP contribution < -0.4 is 5.32 Å². The van der Waals surface area contributed by atoms with E-state index in [0.29, 0.717) is 0 Å². The summed E-state index contributed by atoms with van der Waals surface area (Å²) in [6, 6.07) is 0. The van der Waals surface area contributed by atoms with Gasteiger partial charge in [-0.25, -0.2) is 0 Å². The lowest BCUT2D eigenvalue weighted by atomic mass is 10.5. The maximum Gasteiger partial charge on any atom is 0.142 e. The SMILES string of the molecule is CN/C=C/C=C/C=O. The van der Waals surface area contributed by atoms with Crippen molar-refractivity contribution < 1.29 is 4.79 Å². The average molecular weight is 111 g/mol. The van der Waals surface area contributed by atoms with Crippen LogP contribution in [0.1, 0.15) is 0 Å². The molecule has 0 aromatic heterocycles. The van der Waals surface area contributed by atoms with E-state index in [4.69, 9.17) is 0 Å². The van der Waals surface area contributed by atoms with Gasteiger partial charge in [0, 0.05) is 7.05 Å². The van der Waals surface area contributed by atoms with Gasteiger partial charge in [-0.3, -0.25) is 4.79 Å². The van der Waals surface area contributed by atoms with Crippen molar-refractivity contribution in [2.45, 2.75) is 0 Å². The molecular weight excluding hydrogens is 102 g/mol. The van der Waals surface area contributed by atoms with E-state index in [-0.39, 0.29) is 0 Å². The van der Waals surface area contributed by atoms with E-state index < -0.39 is 0 Å². The summed E-state index contributed by atoms with van der Waals surface area (Å²) in [4.78, 5) is 9.63. The van der Waals surface area contributed by atoms with Gasteiger partial charge < -0.3 is 5.32 Å². The Morgan fingerprint density at radius 2 is 2.00 bits per heavy atom. The van der Waals surface area contributed by atoms with Gasteiger partial charge in [-0.15, -0.1) is 0 Å². The Hall–Kier alpha value is -1.05. The number of aldehydes is 1. The van der Waals surface area contributed by atoms with Crippen molar-refractivity contribution in [2.75, 3.05) is 7.05 Å². The second-order valence-corrected chi connectivity index (χ2v) is 1.17. The van der Waals surface area contributed by atoms with Crippen molar-refractivity contribution >= 4 is 6.29 Å². The van der Waals surface area contributed by atoms with E-state index in [2.05, 4.69) is 5.32 Å². The van der Waals surface area contributed by atoms with Gasteiger partial charge in [0.2, 0.25) is 0 Å². The van der Waals surface area contributed by atoms with Crippen LogP contribution >= 0.6 is 0 Å². The highest BCUT2D eigenvalue weighted by molar-refractivity contribution is 5.65. The van der Waals surface area contributed by atoms with Crippen molar-refractivity contribution in [2.24, 2.45) is 0 Å². The number of carbonyl (C=O) groups is 1. The molecule has 44 valence electrons. The molecule has 0 aliphatic carbocycles. The number of carbonyl (C=O) groups excluding carboxylic acids is 1. The summed E-state index contributed by atoms with van der Waals surface area (Å²) >= 11 is 0. The summed E-state index contributed by atoms with van der Waals surface area (Å²) in [7, 11) is 1.80. The molecule has 0 amide bonds. The third kappa shape index (κ3) is 4.95. The Morgan fingerprint density at radius 3 is 2.50 bits per heavy atom. The van der Waals surface area contributed by atoms with Crippen molar-refractivity contribution in [1.82, 2.24) is 5.32 Å². The van der Waals surface area contributed by atoms with Gasteiger partial charge in [-0.05, 0) is 18.4 Å². The lowest BCUT2D eigenvalue weighted by Crippen LogP contribution is -1.89. The number of hydrogen-bond donors (Lipinski definition) is 1. The van der Waals surface area contributed by atoms with E-state index >= 15 is 0 Å². The van der Waals surface area contributed by atoms with Crippen LogP contribution in [0.3, 0.4) is 0 Å². The maximum absolute atomic E-state index is 9.63. The first-order valence-corrected chi connectivity index (χ1v) is 2.36. The number of rotatable bonds is 3. The third-order valence-corrected chi connectivity index (χ3v) is 0.564. The van der Waals surface area contributed by atoms with Crippen LogP contribution in [0.25, 0.3) is 0 Å². The molecule has 0 atom stereocenters. The van der Waals surface area contributed by atoms with Crippen LogP contribution in [0.4, 0.5) is 0 Å². The first-order valence-electron chi connectivity index (χ1n) is 2.36. The molecule has 0 heterocycles. The lowest BCUT2D eigenvalue weighted by Gasteiger charge is -1.77. The van der Waals surface area contributed by atoms with Gasteiger partial charge in [0.05, 0.1) is 0 Å². The first-order chi connectivity index (χ1) is 3.91. The Labute approximate surface area is 48.9 Å². The Morgan fingerprint density at radius 1 is 1.25 bits per heavy atom.